The van der Waals surface area contributed by atoms with Crippen molar-refractivity contribution in [1.29, 1.82) is 0 Å². The van der Waals surface area contributed by atoms with Crippen LogP contribution in [0.15, 0.2) is 6.33 Å². The zero-order valence-corrected chi connectivity index (χ0v) is 12.6. The number of aromatic amines is 2. The van der Waals surface area contributed by atoms with E-state index in [-0.39, 0.29) is 5.95 Å². The van der Waals surface area contributed by atoms with Crippen LogP contribution in [0.5, 0.6) is 0 Å². The number of nitrogen functional groups attached to an aromatic ring is 1. The van der Waals surface area contributed by atoms with Gasteiger partial charge in [-0.25, -0.2) is 4.98 Å². The van der Waals surface area contributed by atoms with Crippen molar-refractivity contribution in [3.05, 3.63) is 11.0 Å². The number of aliphatic carboxylic acids is 1. The van der Waals surface area contributed by atoms with Crippen LogP contribution in [-0.4, -0.2) is 41.8 Å². The van der Waals surface area contributed by atoms with Crippen LogP contribution in [0.2, 0.25) is 0 Å². The summed E-state index contributed by atoms with van der Waals surface area (Å²) in [5.74, 6) is -0.732. The van der Waals surface area contributed by atoms with E-state index in [0.717, 1.165) is 0 Å². The second-order valence-corrected chi connectivity index (χ2v) is 6.08. The number of thiol groups is 1. The van der Waals surface area contributed by atoms with E-state index >= 15 is 0 Å². The van der Waals surface area contributed by atoms with Gasteiger partial charge in [0.15, 0.2) is 5.65 Å². The maximum Gasteiger partial charge on any atom is 0.321 e. The molecule has 110 valence electrons. The molecule has 0 saturated carbocycles. The summed E-state index contributed by atoms with van der Waals surface area (Å²) >= 11 is 8.93. The van der Waals surface area contributed by atoms with Crippen LogP contribution >= 0.6 is 24.8 Å². The highest BCUT2D eigenvalue weighted by atomic mass is 32.1. The molecule has 7 N–H and O–H groups in total. The van der Waals surface area contributed by atoms with Gasteiger partial charge in [0.1, 0.15) is 16.2 Å². The van der Waals surface area contributed by atoms with Crippen molar-refractivity contribution >= 4 is 47.9 Å². The number of carboxylic acid groups (broad SMARTS) is 1. The molecule has 0 saturated heterocycles. The fourth-order valence-electron chi connectivity index (χ4n) is 1.16. The van der Waals surface area contributed by atoms with Crippen molar-refractivity contribution in [2.75, 3.05) is 5.73 Å². The largest absolute Gasteiger partial charge is 0.480 e. The standard InChI is InChI=1S/C5H5N5S.C5H11NO2S/c6-5-9-3-2(4(11)10-5)7-1-8-3;1-5(2,9)3(6)4(7)8/h1H,(H4,6,7,8,9,10,11);3,9H,6H2,1-2H3,(H,7,8)/t;3-/m.0/s1. The number of hydrogen-bond acceptors (Lipinski definition) is 7. The highest BCUT2D eigenvalue weighted by molar-refractivity contribution is 7.81. The van der Waals surface area contributed by atoms with Crippen LogP contribution in [-0.2, 0) is 4.79 Å². The van der Waals surface area contributed by atoms with Gasteiger partial charge in [0.05, 0.1) is 6.33 Å². The Morgan fingerprint density at radius 3 is 2.65 bits per heavy atom. The summed E-state index contributed by atoms with van der Waals surface area (Å²) in [7, 11) is 0. The van der Waals surface area contributed by atoms with Crippen molar-refractivity contribution in [3.8, 4) is 0 Å². The van der Waals surface area contributed by atoms with E-state index in [1.807, 2.05) is 0 Å². The van der Waals surface area contributed by atoms with E-state index in [2.05, 4.69) is 32.6 Å². The SMILES string of the molecule is CC(C)(S)[C@@H](N)C(=O)O.Nc1nc2nc[nH]c2c(=S)[nH]1. The van der Waals surface area contributed by atoms with Gasteiger partial charge in [-0.2, -0.15) is 17.6 Å². The second-order valence-electron chi connectivity index (χ2n) is 4.52. The summed E-state index contributed by atoms with van der Waals surface area (Å²) in [6.45, 7) is 3.32. The van der Waals surface area contributed by atoms with E-state index in [0.29, 0.717) is 15.8 Å². The average Bonchev–Trinajstić information content (AvgIpc) is 2.75. The molecule has 2 rings (SSSR count). The summed E-state index contributed by atoms with van der Waals surface area (Å²) in [5, 5.41) is 8.34. The van der Waals surface area contributed by atoms with Crippen molar-refractivity contribution in [1.82, 2.24) is 19.9 Å². The number of nitrogens with two attached hydrogens (primary N) is 2. The molecule has 0 aromatic carbocycles. The molecule has 0 fully saturated rings. The Balaban J connectivity index is 0.000000206. The normalized spacial score (nSPS) is 12.6. The summed E-state index contributed by atoms with van der Waals surface area (Å²) in [5.41, 5.74) is 11.9. The third-order valence-corrected chi connectivity index (χ3v) is 2.93. The van der Waals surface area contributed by atoms with Crippen LogP contribution < -0.4 is 11.5 Å². The highest BCUT2D eigenvalue weighted by Gasteiger charge is 2.27. The zero-order chi connectivity index (χ0) is 15.5. The van der Waals surface area contributed by atoms with E-state index < -0.39 is 16.8 Å². The van der Waals surface area contributed by atoms with E-state index in [1.165, 1.54) is 6.33 Å². The lowest BCUT2D eigenvalue weighted by molar-refractivity contribution is -0.139. The summed E-state index contributed by atoms with van der Waals surface area (Å²) in [6.07, 6.45) is 1.53. The van der Waals surface area contributed by atoms with E-state index in [9.17, 15) is 4.79 Å². The average molecular weight is 316 g/mol. The van der Waals surface area contributed by atoms with Crippen LogP contribution in [0.1, 0.15) is 13.8 Å². The quantitative estimate of drug-likeness (QED) is 0.353. The first kappa shape index (κ1) is 16.4. The van der Waals surface area contributed by atoms with Gasteiger partial charge < -0.3 is 26.5 Å². The maximum absolute atomic E-state index is 10.2. The predicted octanol–water partition coefficient (Wildman–Crippen LogP) is 0.704. The Kier molecular flexibility index (Phi) is 5.09. The van der Waals surface area contributed by atoms with Gasteiger partial charge in [-0.05, 0) is 13.8 Å². The molecule has 20 heavy (non-hydrogen) atoms. The number of fused-ring (bicyclic) bond motifs is 1. The molecule has 0 aliphatic heterocycles. The minimum absolute atomic E-state index is 0.287. The monoisotopic (exact) mass is 316 g/mol. The van der Waals surface area contributed by atoms with Gasteiger partial charge in [-0.1, -0.05) is 12.2 Å². The molecule has 0 spiro atoms. The molecule has 2 aromatic heterocycles. The fraction of sp³-hybridized carbons (Fsp3) is 0.400. The third kappa shape index (κ3) is 4.18. The number of hydrogen-bond donors (Lipinski definition) is 6. The van der Waals surface area contributed by atoms with E-state index in [4.69, 9.17) is 28.8 Å². The summed E-state index contributed by atoms with van der Waals surface area (Å²) in [4.78, 5) is 23.5. The molecule has 8 nitrogen and oxygen atoms in total. The first-order chi connectivity index (χ1) is 9.12. The number of anilines is 1. The number of H-pyrrole nitrogens is 2. The molecule has 2 aromatic rings. The number of nitrogens with one attached hydrogen (secondary N) is 2. The van der Waals surface area contributed by atoms with Crippen LogP contribution in [0, 0.1) is 4.64 Å². The molecular formula is C10H16N6O2S2. The Labute approximate surface area is 125 Å². The van der Waals surface area contributed by atoms with Gasteiger partial charge in [-0.15, -0.1) is 0 Å². The predicted molar refractivity (Wildman–Crippen MR) is 82.2 cm³/mol. The van der Waals surface area contributed by atoms with Crippen LogP contribution in [0.3, 0.4) is 0 Å². The van der Waals surface area contributed by atoms with Gasteiger partial charge in [-0.3, -0.25) is 4.79 Å². The molecule has 1 atom stereocenters. The lowest BCUT2D eigenvalue weighted by Gasteiger charge is -2.21. The lowest BCUT2D eigenvalue weighted by atomic mass is 10.1. The smallest absolute Gasteiger partial charge is 0.321 e. The number of carbonyl (C=O) groups is 1. The Morgan fingerprint density at radius 1 is 1.60 bits per heavy atom. The number of aromatic nitrogens is 4. The van der Waals surface area contributed by atoms with Crippen molar-refractivity contribution in [3.63, 3.8) is 0 Å². The molecule has 0 unspecified atom stereocenters. The van der Waals surface area contributed by atoms with Gasteiger partial charge >= 0.3 is 5.97 Å². The Hall–Kier alpha value is -1.65. The van der Waals surface area contributed by atoms with Gasteiger partial charge in [0, 0.05) is 4.75 Å². The third-order valence-electron chi connectivity index (χ3n) is 2.34. The first-order valence-electron chi connectivity index (χ1n) is 5.52. The van der Waals surface area contributed by atoms with Gasteiger partial charge in [0.2, 0.25) is 5.95 Å². The van der Waals surface area contributed by atoms with Gasteiger partial charge in [0.25, 0.3) is 0 Å². The minimum atomic E-state index is -1.02. The molecule has 0 bridgehead atoms. The van der Waals surface area contributed by atoms with Crippen molar-refractivity contribution in [2.24, 2.45) is 5.73 Å². The molecule has 2 heterocycles. The zero-order valence-electron chi connectivity index (χ0n) is 10.9. The lowest BCUT2D eigenvalue weighted by Crippen LogP contribution is -2.45. The minimum Gasteiger partial charge on any atom is -0.480 e. The Morgan fingerprint density at radius 2 is 2.20 bits per heavy atom. The second kappa shape index (κ2) is 6.20. The van der Waals surface area contributed by atoms with Crippen LogP contribution in [0.4, 0.5) is 5.95 Å². The molecule has 0 aliphatic carbocycles. The van der Waals surface area contributed by atoms with Crippen molar-refractivity contribution in [2.45, 2.75) is 24.6 Å². The maximum atomic E-state index is 10.2. The fourth-order valence-corrected chi connectivity index (χ4v) is 1.53. The van der Waals surface area contributed by atoms with Crippen molar-refractivity contribution < 1.29 is 9.90 Å². The summed E-state index contributed by atoms with van der Waals surface area (Å²) < 4.78 is -0.115. The molecule has 0 amide bonds. The van der Waals surface area contributed by atoms with Crippen LogP contribution in [0.25, 0.3) is 11.2 Å². The number of imidazole rings is 1. The topological polar surface area (TPSA) is 147 Å². The molecule has 0 radical (unpaired) electrons. The van der Waals surface area contributed by atoms with E-state index in [1.54, 1.807) is 13.8 Å². The Bertz CT molecular complexity index is 660. The molecule has 0 aliphatic rings. The molecule has 10 heteroatoms. The number of rotatable bonds is 2. The first-order valence-corrected chi connectivity index (χ1v) is 6.38. The highest BCUT2D eigenvalue weighted by Crippen LogP contribution is 2.15. The molecular weight excluding hydrogens is 300 g/mol. The number of nitrogens with zero attached hydrogens (tertiary/aromatic N) is 2. The summed E-state index contributed by atoms with van der Waals surface area (Å²) in [6, 6.07) is -0.902. The number of carboxylic acids is 1.